The molecule has 0 radical (unpaired) electrons. The second-order valence-corrected chi connectivity index (χ2v) is 6.03. The number of para-hydroxylation sites is 1. The Kier molecular flexibility index (Phi) is 4.60. The maximum atomic E-state index is 13.9. The van der Waals surface area contributed by atoms with Crippen molar-refractivity contribution in [1.82, 2.24) is 5.32 Å². The zero-order valence-corrected chi connectivity index (χ0v) is 13.5. The summed E-state index contributed by atoms with van der Waals surface area (Å²) in [7, 11) is 0. The summed E-state index contributed by atoms with van der Waals surface area (Å²) in [6.45, 7) is 2.25. The first kappa shape index (κ1) is 16.2. The van der Waals surface area contributed by atoms with Crippen LogP contribution in [0.15, 0.2) is 48.5 Å². The van der Waals surface area contributed by atoms with Crippen molar-refractivity contribution >= 4 is 17.5 Å². The van der Waals surface area contributed by atoms with Gasteiger partial charge in [0.2, 0.25) is 11.8 Å². The predicted octanol–water partition coefficient (Wildman–Crippen LogP) is 2.60. The average molecular weight is 326 g/mol. The average Bonchev–Trinajstić information content (AvgIpc) is 2.90. The first-order valence-electron chi connectivity index (χ1n) is 7.93. The van der Waals surface area contributed by atoms with E-state index in [9.17, 15) is 14.0 Å². The van der Waals surface area contributed by atoms with Gasteiger partial charge in [-0.3, -0.25) is 9.59 Å². The van der Waals surface area contributed by atoms with E-state index in [0.29, 0.717) is 6.54 Å². The highest BCUT2D eigenvalue weighted by Gasteiger charge is 2.32. The molecule has 1 unspecified atom stereocenters. The molecule has 0 aliphatic carbocycles. The predicted molar refractivity (Wildman–Crippen MR) is 90.2 cm³/mol. The highest BCUT2D eigenvalue weighted by Crippen LogP contribution is 2.24. The zero-order valence-electron chi connectivity index (χ0n) is 13.5. The van der Waals surface area contributed by atoms with Crippen molar-refractivity contribution in [1.29, 1.82) is 0 Å². The Morgan fingerprint density at radius 2 is 1.92 bits per heavy atom. The Morgan fingerprint density at radius 1 is 1.21 bits per heavy atom. The lowest BCUT2D eigenvalue weighted by atomic mass is 10.1. The first-order valence-corrected chi connectivity index (χ1v) is 7.93. The van der Waals surface area contributed by atoms with Crippen LogP contribution in [0.5, 0.6) is 0 Å². The molecule has 1 aliphatic heterocycles. The van der Waals surface area contributed by atoms with Gasteiger partial charge in [0.1, 0.15) is 5.82 Å². The summed E-state index contributed by atoms with van der Waals surface area (Å²) in [5.41, 5.74) is 2.28. The molecule has 0 aromatic heterocycles. The molecule has 24 heavy (non-hydrogen) atoms. The van der Waals surface area contributed by atoms with Gasteiger partial charge in [0.25, 0.3) is 0 Å². The lowest BCUT2D eigenvalue weighted by Gasteiger charge is -2.18. The van der Waals surface area contributed by atoms with Gasteiger partial charge in [-0.1, -0.05) is 36.4 Å². The van der Waals surface area contributed by atoms with Crippen LogP contribution in [0.2, 0.25) is 0 Å². The number of carbonyl (C=O) groups is 2. The molecule has 124 valence electrons. The topological polar surface area (TPSA) is 49.4 Å². The number of rotatable bonds is 4. The van der Waals surface area contributed by atoms with Gasteiger partial charge in [0.05, 0.1) is 18.2 Å². The Labute approximate surface area is 140 Å². The number of nitrogens with one attached hydrogen (secondary N) is 1. The number of nitrogens with zero attached hydrogens (tertiary/aromatic N) is 1. The molecule has 0 bridgehead atoms. The van der Waals surface area contributed by atoms with Crippen LogP contribution in [0.3, 0.4) is 0 Å². The molecule has 4 nitrogen and oxygen atoms in total. The van der Waals surface area contributed by atoms with Crippen LogP contribution in [-0.4, -0.2) is 24.4 Å². The van der Waals surface area contributed by atoms with Crippen LogP contribution in [0.1, 0.15) is 17.5 Å². The lowest BCUT2D eigenvalue weighted by Crippen LogP contribution is -2.38. The maximum Gasteiger partial charge on any atom is 0.229 e. The summed E-state index contributed by atoms with van der Waals surface area (Å²) in [6, 6.07) is 13.6. The molecule has 1 N–H and O–H groups in total. The maximum absolute atomic E-state index is 13.9. The third-order valence-corrected chi connectivity index (χ3v) is 4.25. The van der Waals surface area contributed by atoms with Crippen LogP contribution in [0.4, 0.5) is 10.1 Å². The van der Waals surface area contributed by atoms with E-state index in [0.717, 1.165) is 11.1 Å². The number of amides is 2. The molecule has 1 aliphatic rings. The van der Waals surface area contributed by atoms with Gasteiger partial charge in [-0.2, -0.15) is 0 Å². The minimum atomic E-state index is -0.433. The molecule has 0 saturated carbocycles. The Balaban J connectivity index is 1.63. The third kappa shape index (κ3) is 3.45. The number of aryl methyl sites for hydroxylation is 1. The standard InChI is InChI=1S/C19H19FN2O2/c1-13-6-2-3-7-14(13)10-18(23)21-15-11-19(24)22(12-15)17-9-5-4-8-16(17)20/h2-9,15H,10-12H2,1H3,(H,21,23). The van der Waals surface area contributed by atoms with E-state index in [1.165, 1.54) is 11.0 Å². The molecule has 5 heteroatoms. The van der Waals surface area contributed by atoms with E-state index in [-0.39, 0.29) is 36.4 Å². The monoisotopic (exact) mass is 326 g/mol. The molecule has 1 heterocycles. The van der Waals surface area contributed by atoms with E-state index in [1.807, 2.05) is 31.2 Å². The van der Waals surface area contributed by atoms with Crippen molar-refractivity contribution in [3.63, 3.8) is 0 Å². The minimum Gasteiger partial charge on any atom is -0.351 e. The van der Waals surface area contributed by atoms with E-state index in [4.69, 9.17) is 0 Å². The molecule has 1 saturated heterocycles. The molecule has 1 atom stereocenters. The fourth-order valence-electron chi connectivity index (χ4n) is 2.97. The van der Waals surface area contributed by atoms with Gasteiger partial charge in [0.15, 0.2) is 0 Å². The Hall–Kier alpha value is -2.69. The summed E-state index contributed by atoms with van der Waals surface area (Å²) >= 11 is 0. The van der Waals surface area contributed by atoms with Gasteiger partial charge in [-0.05, 0) is 30.2 Å². The van der Waals surface area contributed by atoms with Crippen LogP contribution in [0.25, 0.3) is 0 Å². The van der Waals surface area contributed by atoms with Crippen molar-refractivity contribution in [2.75, 3.05) is 11.4 Å². The van der Waals surface area contributed by atoms with Crippen LogP contribution < -0.4 is 10.2 Å². The lowest BCUT2D eigenvalue weighted by molar-refractivity contribution is -0.121. The molecule has 1 fully saturated rings. The minimum absolute atomic E-state index is 0.127. The second-order valence-electron chi connectivity index (χ2n) is 6.03. The second kappa shape index (κ2) is 6.83. The quantitative estimate of drug-likeness (QED) is 0.939. The molecule has 3 rings (SSSR count). The molecule has 2 aromatic rings. The Morgan fingerprint density at radius 3 is 2.67 bits per heavy atom. The summed E-state index contributed by atoms with van der Waals surface area (Å²) < 4.78 is 13.9. The van der Waals surface area contributed by atoms with Gasteiger partial charge >= 0.3 is 0 Å². The number of hydrogen-bond donors (Lipinski definition) is 1. The van der Waals surface area contributed by atoms with E-state index in [1.54, 1.807) is 18.2 Å². The van der Waals surface area contributed by atoms with Crippen molar-refractivity contribution in [2.24, 2.45) is 0 Å². The summed E-state index contributed by atoms with van der Waals surface area (Å²) in [5.74, 6) is -0.739. The molecule has 2 aromatic carbocycles. The van der Waals surface area contributed by atoms with Gasteiger partial charge in [0, 0.05) is 13.0 Å². The van der Waals surface area contributed by atoms with E-state index < -0.39 is 5.82 Å². The molecular weight excluding hydrogens is 307 g/mol. The highest BCUT2D eigenvalue weighted by atomic mass is 19.1. The smallest absolute Gasteiger partial charge is 0.229 e. The Bertz CT molecular complexity index is 775. The van der Waals surface area contributed by atoms with Gasteiger partial charge < -0.3 is 10.2 Å². The molecule has 0 spiro atoms. The van der Waals surface area contributed by atoms with E-state index in [2.05, 4.69) is 5.32 Å². The fourth-order valence-corrected chi connectivity index (χ4v) is 2.97. The van der Waals surface area contributed by atoms with Crippen molar-refractivity contribution < 1.29 is 14.0 Å². The SMILES string of the molecule is Cc1ccccc1CC(=O)NC1CC(=O)N(c2ccccc2F)C1. The van der Waals surface area contributed by atoms with Crippen molar-refractivity contribution in [3.8, 4) is 0 Å². The van der Waals surface area contributed by atoms with Crippen LogP contribution in [0, 0.1) is 12.7 Å². The number of carbonyl (C=O) groups excluding carboxylic acids is 2. The van der Waals surface area contributed by atoms with Crippen molar-refractivity contribution in [3.05, 3.63) is 65.5 Å². The molecule has 2 amide bonds. The number of hydrogen-bond acceptors (Lipinski definition) is 2. The summed E-state index contributed by atoms with van der Waals surface area (Å²) in [5, 5.41) is 2.88. The number of benzene rings is 2. The largest absolute Gasteiger partial charge is 0.351 e. The number of anilines is 1. The van der Waals surface area contributed by atoms with Gasteiger partial charge in [-0.15, -0.1) is 0 Å². The summed E-state index contributed by atoms with van der Waals surface area (Å²) in [6.07, 6.45) is 0.463. The van der Waals surface area contributed by atoms with Crippen molar-refractivity contribution in [2.45, 2.75) is 25.8 Å². The van der Waals surface area contributed by atoms with Gasteiger partial charge in [-0.25, -0.2) is 4.39 Å². The molecular formula is C19H19FN2O2. The normalized spacial score (nSPS) is 17.2. The third-order valence-electron chi connectivity index (χ3n) is 4.25. The van der Waals surface area contributed by atoms with Crippen LogP contribution >= 0.6 is 0 Å². The number of halogens is 1. The zero-order chi connectivity index (χ0) is 17.1. The van der Waals surface area contributed by atoms with E-state index >= 15 is 0 Å². The highest BCUT2D eigenvalue weighted by molar-refractivity contribution is 5.97. The van der Waals surface area contributed by atoms with Crippen LogP contribution in [-0.2, 0) is 16.0 Å². The summed E-state index contributed by atoms with van der Waals surface area (Å²) in [4.78, 5) is 25.8. The fraction of sp³-hybridized carbons (Fsp3) is 0.263. The first-order chi connectivity index (χ1) is 11.5.